The minimum atomic E-state index is 0.153. The first-order chi connectivity index (χ1) is 7.70. The fourth-order valence-electron chi connectivity index (χ4n) is 1.76. The standard InChI is InChI=1S/C12H16N4/c1-14-9-6-7-11(16(2)8-9)10-4-3-5-12(13)15-10/h3-8,11,14H,1-2H3,(H2,13,15). The first kappa shape index (κ1) is 10.5. The molecular weight excluding hydrogens is 200 g/mol. The van der Waals surface area contributed by atoms with E-state index < -0.39 is 0 Å². The molecule has 2 heterocycles. The van der Waals surface area contributed by atoms with Crippen LogP contribution in [0.1, 0.15) is 11.7 Å². The van der Waals surface area contributed by atoms with Gasteiger partial charge in [0.15, 0.2) is 0 Å². The maximum Gasteiger partial charge on any atom is 0.123 e. The Balaban J connectivity index is 2.25. The van der Waals surface area contributed by atoms with Crippen molar-refractivity contribution in [3.63, 3.8) is 0 Å². The summed E-state index contributed by atoms with van der Waals surface area (Å²) in [5, 5.41) is 3.11. The Kier molecular flexibility index (Phi) is 2.81. The molecule has 4 heteroatoms. The van der Waals surface area contributed by atoms with E-state index in [4.69, 9.17) is 5.73 Å². The number of aromatic nitrogens is 1. The lowest BCUT2D eigenvalue weighted by Crippen LogP contribution is -2.24. The van der Waals surface area contributed by atoms with Crippen molar-refractivity contribution in [1.82, 2.24) is 15.2 Å². The number of rotatable bonds is 2. The van der Waals surface area contributed by atoms with E-state index in [-0.39, 0.29) is 6.04 Å². The minimum absolute atomic E-state index is 0.153. The zero-order chi connectivity index (χ0) is 11.5. The van der Waals surface area contributed by atoms with Gasteiger partial charge in [-0.15, -0.1) is 0 Å². The summed E-state index contributed by atoms with van der Waals surface area (Å²) in [7, 11) is 3.93. The van der Waals surface area contributed by atoms with Crippen LogP contribution < -0.4 is 11.1 Å². The van der Waals surface area contributed by atoms with Gasteiger partial charge in [-0.2, -0.15) is 0 Å². The zero-order valence-electron chi connectivity index (χ0n) is 9.51. The van der Waals surface area contributed by atoms with Crippen LogP contribution in [0.2, 0.25) is 0 Å². The van der Waals surface area contributed by atoms with E-state index in [1.807, 2.05) is 26.2 Å². The lowest BCUT2D eigenvalue weighted by Gasteiger charge is -2.27. The Morgan fingerprint density at radius 3 is 2.88 bits per heavy atom. The van der Waals surface area contributed by atoms with Gasteiger partial charge in [-0.05, 0) is 18.2 Å². The van der Waals surface area contributed by atoms with Gasteiger partial charge in [0.05, 0.1) is 11.7 Å². The summed E-state index contributed by atoms with van der Waals surface area (Å²) >= 11 is 0. The summed E-state index contributed by atoms with van der Waals surface area (Å²) < 4.78 is 0. The van der Waals surface area contributed by atoms with Gasteiger partial charge in [0.2, 0.25) is 0 Å². The summed E-state index contributed by atoms with van der Waals surface area (Å²) in [5.41, 5.74) is 7.73. The number of nitrogens with one attached hydrogen (secondary N) is 1. The molecule has 84 valence electrons. The molecule has 4 nitrogen and oxygen atoms in total. The number of allylic oxidation sites excluding steroid dienone is 1. The molecule has 0 aliphatic carbocycles. The summed E-state index contributed by atoms with van der Waals surface area (Å²) in [4.78, 5) is 6.44. The molecule has 1 atom stereocenters. The number of likely N-dealkylation sites (N-methyl/N-ethyl adjacent to an activating group) is 2. The largest absolute Gasteiger partial charge is 0.387 e. The van der Waals surface area contributed by atoms with Gasteiger partial charge in [0.25, 0.3) is 0 Å². The fourth-order valence-corrected chi connectivity index (χ4v) is 1.76. The van der Waals surface area contributed by atoms with Crippen LogP contribution in [0.4, 0.5) is 5.82 Å². The van der Waals surface area contributed by atoms with E-state index in [0.717, 1.165) is 11.4 Å². The average Bonchev–Trinajstić information content (AvgIpc) is 2.28. The molecular formula is C12H16N4. The van der Waals surface area contributed by atoms with E-state index in [2.05, 4.69) is 33.6 Å². The minimum Gasteiger partial charge on any atom is -0.387 e. The number of nitrogens with two attached hydrogens (primary N) is 1. The number of hydrogen-bond acceptors (Lipinski definition) is 4. The van der Waals surface area contributed by atoms with Crippen molar-refractivity contribution in [2.45, 2.75) is 6.04 Å². The first-order valence-corrected chi connectivity index (χ1v) is 5.23. The first-order valence-electron chi connectivity index (χ1n) is 5.23. The van der Waals surface area contributed by atoms with E-state index in [0.29, 0.717) is 5.82 Å². The maximum absolute atomic E-state index is 5.68. The van der Waals surface area contributed by atoms with Crippen LogP contribution in [-0.4, -0.2) is 24.0 Å². The summed E-state index contributed by atoms with van der Waals surface area (Å²) in [6, 6.07) is 5.86. The molecule has 0 saturated carbocycles. The second-order valence-electron chi connectivity index (χ2n) is 3.79. The van der Waals surface area contributed by atoms with E-state index in [1.54, 1.807) is 6.07 Å². The van der Waals surface area contributed by atoms with Gasteiger partial charge < -0.3 is 16.0 Å². The zero-order valence-corrected chi connectivity index (χ0v) is 9.51. The Hall–Kier alpha value is -1.97. The second-order valence-corrected chi connectivity index (χ2v) is 3.79. The summed E-state index contributed by atoms with van der Waals surface area (Å²) in [6.07, 6.45) is 6.21. The number of anilines is 1. The van der Waals surface area contributed by atoms with Crippen LogP contribution in [0.25, 0.3) is 0 Å². The molecule has 1 aromatic heterocycles. The smallest absolute Gasteiger partial charge is 0.123 e. The third-order valence-electron chi connectivity index (χ3n) is 2.62. The van der Waals surface area contributed by atoms with Crippen LogP contribution in [-0.2, 0) is 0 Å². The van der Waals surface area contributed by atoms with Crippen LogP contribution in [0.3, 0.4) is 0 Å². The third-order valence-corrected chi connectivity index (χ3v) is 2.62. The summed E-state index contributed by atoms with van der Waals surface area (Å²) in [5.74, 6) is 0.558. The lowest BCUT2D eigenvalue weighted by atomic mass is 10.1. The quantitative estimate of drug-likeness (QED) is 0.781. The van der Waals surface area contributed by atoms with Crippen molar-refractivity contribution < 1.29 is 0 Å². The topological polar surface area (TPSA) is 54.2 Å². The Labute approximate surface area is 95.5 Å². The molecule has 0 bridgehead atoms. The van der Waals surface area contributed by atoms with Crippen molar-refractivity contribution in [3.8, 4) is 0 Å². The molecule has 0 aromatic carbocycles. The Bertz CT molecular complexity index is 436. The molecule has 0 fully saturated rings. The highest BCUT2D eigenvalue weighted by Crippen LogP contribution is 2.24. The normalized spacial score (nSPS) is 19.5. The molecule has 0 radical (unpaired) electrons. The molecule has 0 spiro atoms. The van der Waals surface area contributed by atoms with Crippen molar-refractivity contribution >= 4 is 5.82 Å². The van der Waals surface area contributed by atoms with E-state index in [1.165, 1.54) is 0 Å². The second kappa shape index (κ2) is 4.26. The highest BCUT2D eigenvalue weighted by molar-refractivity contribution is 5.33. The number of pyridine rings is 1. The van der Waals surface area contributed by atoms with E-state index >= 15 is 0 Å². The number of nitrogen functional groups attached to an aromatic ring is 1. The number of nitrogens with zero attached hydrogens (tertiary/aromatic N) is 2. The highest BCUT2D eigenvalue weighted by Gasteiger charge is 2.16. The molecule has 0 saturated heterocycles. The predicted molar refractivity (Wildman–Crippen MR) is 65.4 cm³/mol. The number of hydrogen-bond donors (Lipinski definition) is 2. The molecule has 1 aromatic rings. The van der Waals surface area contributed by atoms with Crippen molar-refractivity contribution in [3.05, 3.63) is 47.9 Å². The molecule has 1 aliphatic rings. The third kappa shape index (κ3) is 2.00. The van der Waals surface area contributed by atoms with Crippen molar-refractivity contribution in [2.24, 2.45) is 0 Å². The molecule has 16 heavy (non-hydrogen) atoms. The SMILES string of the molecule is CNC1=CN(C)C(c2cccc(N)n2)C=C1. The van der Waals surface area contributed by atoms with Gasteiger partial charge in [0, 0.05) is 26.0 Å². The predicted octanol–water partition coefficient (Wildman–Crippen LogP) is 1.27. The lowest BCUT2D eigenvalue weighted by molar-refractivity contribution is 0.377. The molecule has 2 rings (SSSR count). The average molecular weight is 216 g/mol. The van der Waals surface area contributed by atoms with Crippen LogP contribution in [0.5, 0.6) is 0 Å². The van der Waals surface area contributed by atoms with Gasteiger partial charge in [-0.3, -0.25) is 0 Å². The fraction of sp³-hybridized carbons (Fsp3) is 0.250. The van der Waals surface area contributed by atoms with Crippen LogP contribution in [0, 0.1) is 0 Å². The molecule has 3 N–H and O–H groups in total. The Morgan fingerprint density at radius 1 is 1.44 bits per heavy atom. The molecule has 1 unspecified atom stereocenters. The molecule has 0 amide bonds. The van der Waals surface area contributed by atoms with Gasteiger partial charge >= 0.3 is 0 Å². The van der Waals surface area contributed by atoms with Gasteiger partial charge in [-0.25, -0.2) is 4.98 Å². The maximum atomic E-state index is 5.68. The van der Waals surface area contributed by atoms with Gasteiger partial charge in [-0.1, -0.05) is 12.1 Å². The van der Waals surface area contributed by atoms with Crippen molar-refractivity contribution in [1.29, 1.82) is 0 Å². The molecule has 1 aliphatic heterocycles. The monoisotopic (exact) mass is 216 g/mol. The van der Waals surface area contributed by atoms with Gasteiger partial charge in [0.1, 0.15) is 5.82 Å². The summed E-state index contributed by atoms with van der Waals surface area (Å²) in [6.45, 7) is 0. The van der Waals surface area contributed by atoms with Crippen molar-refractivity contribution in [2.75, 3.05) is 19.8 Å². The Morgan fingerprint density at radius 2 is 2.25 bits per heavy atom. The van der Waals surface area contributed by atoms with Crippen LogP contribution >= 0.6 is 0 Å². The van der Waals surface area contributed by atoms with Crippen LogP contribution in [0.15, 0.2) is 42.2 Å². The van der Waals surface area contributed by atoms with E-state index in [9.17, 15) is 0 Å². The highest BCUT2D eigenvalue weighted by atomic mass is 15.1.